The number of nitriles is 1. The Morgan fingerprint density at radius 3 is 2.71 bits per heavy atom. The summed E-state index contributed by atoms with van der Waals surface area (Å²) in [6.07, 6.45) is 2.82. The van der Waals surface area contributed by atoms with E-state index in [1.807, 2.05) is 6.07 Å². The lowest BCUT2D eigenvalue weighted by Crippen LogP contribution is -2.37. The van der Waals surface area contributed by atoms with Crippen molar-refractivity contribution < 1.29 is 18.7 Å². The van der Waals surface area contributed by atoms with E-state index in [1.54, 1.807) is 18.2 Å². The molecule has 0 unspecified atom stereocenters. The largest absolute Gasteiger partial charge is 0.495 e. The fourth-order valence-corrected chi connectivity index (χ4v) is 3.32. The quantitative estimate of drug-likeness (QED) is 0.754. The highest BCUT2D eigenvalue weighted by molar-refractivity contribution is 9.10. The van der Waals surface area contributed by atoms with Gasteiger partial charge in [0.2, 0.25) is 0 Å². The minimum absolute atomic E-state index is 0.0907. The number of ketones is 1. The Bertz CT molecular complexity index is 999. The maximum atomic E-state index is 13.2. The van der Waals surface area contributed by atoms with E-state index in [9.17, 15) is 14.0 Å². The van der Waals surface area contributed by atoms with E-state index in [1.165, 1.54) is 42.5 Å². The third-order valence-electron chi connectivity index (χ3n) is 4.29. The van der Waals surface area contributed by atoms with Gasteiger partial charge in [-0.15, -0.1) is 0 Å². The van der Waals surface area contributed by atoms with Crippen molar-refractivity contribution in [2.24, 2.45) is 0 Å². The molecule has 1 heterocycles. The zero-order valence-corrected chi connectivity index (χ0v) is 16.4. The average Bonchev–Trinajstić information content (AvgIpc) is 2.69. The molecule has 28 heavy (non-hydrogen) atoms. The van der Waals surface area contributed by atoms with Gasteiger partial charge >= 0.3 is 6.03 Å². The second-order valence-corrected chi connectivity index (χ2v) is 6.89. The van der Waals surface area contributed by atoms with Crippen LogP contribution in [0.2, 0.25) is 0 Å². The van der Waals surface area contributed by atoms with Crippen LogP contribution < -0.4 is 10.1 Å². The predicted octanol–water partition coefficient (Wildman–Crippen LogP) is 4.53. The van der Waals surface area contributed by atoms with E-state index in [4.69, 9.17) is 10.00 Å². The number of hydrogen-bond acceptors (Lipinski definition) is 4. The maximum absolute atomic E-state index is 13.2. The van der Waals surface area contributed by atoms with Crippen LogP contribution >= 0.6 is 15.9 Å². The van der Waals surface area contributed by atoms with Crippen molar-refractivity contribution in [1.82, 2.24) is 4.90 Å². The van der Waals surface area contributed by atoms with E-state index in [2.05, 4.69) is 21.2 Å². The summed E-state index contributed by atoms with van der Waals surface area (Å²) in [5, 5.41) is 11.9. The lowest BCUT2D eigenvalue weighted by Gasteiger charge is -2.31. The fraction of sp³-hybridized carbons (Fsp3) is 0.150. The van der Waals surface area contributed by atoms with Gasteiger partial charge in [0, 0.05) is 23.2 Å². The smallest absolute Gasteiger partial charge is 0.326 e. The topological polar surface area (TPSA) is 82.4 Å². The first-order valence-electron chi connectivity index (χ1n) is 8.26. The average molecular weight is 444 g/mol. The van der Waals surface area contributed by atoms with Crippen LogP contribution in [-0.4, -0.2) is 23.8 Å². The number of ether oxygens (including phenoxy) is 1. The summed E-state index contributed by atoms with van der Waals surface area (Å²) >= 11 is 3.33. The molecule has 142 valence electrons. The Morgan fingerprint density at radius 1 is 1.36 bits per heavy atom. The Hall–Kier alpha value is -3.18. The number of carbonyl (C=O) groups is 2. The molecule has 3 rings (SSSR count). The summed E-state index contributed by atoms with van der Waals surface area (Å²) in [5.41, 5.74) is 1.37. The van der Waals surface area contributed by atoms with E-state index < -0.39 is 17.9 Å². The summed E-state index contributed by atoms with van der Waals surface area (Å²) in [7, 11) is 1.43. The Labute approximate surface area is 169 Å². The van der Waals surface area contributed by atoms with Crippen molar-refractivity contribution in [3.63, 3.8) is 0 Å². The summed E-state index contributed by atoms with van der Waals surface area (Å²) < 4.78 is 18.9. The number of carbonyl (C=O) groups excluding carboxylic acids is 2. The summed E-state index contributed by atoms with van der Waals surface area (Å²) in [5.74, 6) is -0.203. The van der Waals surface area contributed by atoms with Crippen molar-refractivity contribution in [2.45, 2.75) is 12.5 Å². The van der Waals surface area contributed by atoms with Gasteiger partial charge in [0.05, 0.1) is 24.4 Å². The highest BCUT2D eigenvalue weighted by Gasteiger charge is 2.29. The summed E-state index contributed by atoms with van der Waals surface area (Å²) in [4.78, 5) is 26.1. The zero-order chi connectivity index (χ0) is 20.3. The number of halogens is 2. The molecule has 2 amide bonds. The Balaban J connectivity index is 1.90. The van der Waals surface area contributed by atoms with E-state index in [0.29, 0.717) is 27.0 Å². The van der Waals surface area contributed by atoms with Crippen LogP contribution in [0.15, 0.2) is 53.1 Å². The van der Waals surface area contributed by atoms with E-state index in [0.717, 1.165) is 0 Å². The molecule has 0 bridgehead atoms. The van der Waals surface area contributed by atoms with E-state index >= 15 is 0 Å². The zero-order valence-electron chi connectivity index (χ0n) is 14.8. The van der Waals surface area contributed by atoms with Crippen LogP contribution in [0.3, 0.4) is 0 Å². The number of hydrogen-bond donors (Lipinski definition) is 1. The molecule has 0 fully saturated rings. The molecular formula is C20H15BrFN3O3. The van der Waals surface area contributed by atoms with E-state index in [-0.39, 0.29) is 12.2 Å². The molecule has 8 heteroatoms. The van der Waals surface area contributed by atoms with Crippen molar-refractivity contribution in [1.29, 1.82) is 5.26 Å². The van der Waals surface area contributed by atoms with Gasteiger partial charge in [-0.3, -0.25) is 9.69 Å². The molecule has 6 nitrogen and oxygen atoms in total. The second kappa shape index (κ2) is 8.23. The molecule has 0 aliphatic carbocycles. The maximum Gasteiger partial charge on any atom is 0.326 e. The van der Waals surface area contributed by atoms with Crippen LogP contribution in [0.25, 0.3) is 0 Å². The third kappa shape index (κ3) is 4.05. The Morgan fingerprint density at radius 2 is 2.07 bits per heavy atom. The molecule has 0 aromatic heterocycles. The predicted molar refractivity (Wildman–Crippen MR) is 104 cm³/mol. The molecule has 0 radical (unpaired) electrons. The number of urea groups is 1. The van der Waals surface area contributed by atoms with Crippen LogP contribution in [0.1, 0.15) is 23.6 Å². The highest BCUT2D eigenvalue weighted by atomic mass is 79.9. The van der Waals surface area contributed by atoms with Gasteiger partial charge in [-0.25, -0.2) is 9.18 Å². The second-order valence-electron chi connectivity index (χ2n) is 6.04. The number of amides is 2. The number of nitrogens with zero attached hydrogens (tertiary/aromatic N) is 2. The molecule has 0 saturated heterocycles. The van der Waals surface area contributed by atoms with Crippen LogP contribution in [0.4, 0.5) is 14.9 Å². The minimum Gasteiger partial charge on any atom is -0.495 e. The lowest BCUT2D eigenvalue weighted by atomic mass is 9.97. The first kappa shape index (κ1) is 19.6. The SMILES string of the molecule is COc1cc(NC(=O)N2C=CC(=O)C[C@H]2c2ccc(F)cc2)c(Br)cc1C#N. The summed E-state index contributed by atoms with van der Waals surface area (Å²) in [6.45, 7) is 0. The van der Waals surface area contributed by atoms with Crippen molar-refractivity contribution in [3.8, 4) is 11.8 Å². The number of rotatable bonds is 3. The number of benzene rings is 2. The first-order chi connectivity index (χ1) is 13.4. The van der Waals surface area contributed by atoms with Gasteiger partial charge in [-0.2, -0.15) is 5.26 Å². The number of nitrogens with one attached hydrogen (secondary N) is 1. The fourth-order valence-electron chi connectivity index (χ4n) is 2.88. The molecule has 1 atom stereocenters. The van der Waals surface area contributed by atoms with Crippen molar-refractivity contribution in [2.75, 3.05) is 12.4 Å². The molecule has 2 aromatic carbocycles. The van der Waals surface area contributed by atoms with Crippen LogP contribution in [0.5, 0.6) is 5.75 Å². The van der Waals surface area contributed by atoms with Gasteiger partial charge < -0.3 is 10.1 Å². The number of methoxy groups -OCH3 is 1. The number of anilines is 1. The standard InChI is InChI=1S/C20H15BrFN3O3/c1-28-19-10-17(16(21)8-13(19)11-23)24-20(27)25-7-6-15(26)9-18(25)12-2-4-14(22)5-3-12/h2-8,10,18H,9H2,1H3,(H,24,27)/t18-/m0/s1. The molecular weight excluding hydrogens is 429 g/mol. The van der Waals surface area contributed by atoms with Gasteiger partial charge in [-0.05, 0) is 45.8 Å². The van der Waals surface area contributed by atoms with Crippen LogP contribution in [0, 0.1) is 17.1 Å². The molecule has 0 spiro atoms. The number of allylic oxidation sites excluding steroid dienone is 1. The van der Waals surface area contributed by atoms with Gasteiger partial charge in [0.1, 0.15) is 17.6 Å². The van der Waals surface area contributed by atoms with Gasteiger partial charge in [-0.1, -0.05) is 12.1 Å². The van der Waals surface area contributed by atoms with Crippen molar-refractivity contribution >= 4 is 33.4 Å². The minimum atomic E-state index is -0.558. The van der Waals surface area contributed by atoms with Crippen LogP contribution in [-0.2, 0) is 4.79 Å². The third-order valence-corrected chi connectivity index (χ3v) is 4.95. The first-order valence-corrected chi connectivity index (χ1v) is 9.05. The molecule has 0 saturated carbocycles. The monoisotopic (exact) mass is 443 g/mol. The lowest BCUT2D eigenvalue weighted by molar-refractivity contribution is -0.116. The normalized spacial score (nSPS) is 15.9. The molecule has 1 aliphatic rings. The van der Waals surface area contributed by atoms with Crippen molar-refractivity contribution in [3.05, 3.63) is 70.1 Å². The van der Waals surface area contributed by atoms with Gasteiger partial charge in [0.15, 0.2) is 5.78 Å². The molecule has 1 aliphatic heterocycles. The molecule has 1 N–H and O–H groups in total. The Kier molecular flexibility index (Phi) is 5.76. The highest BCUT2D eigenvalue weighted by Crippen LogP contribution is 2.33. The van der Waals surface area contributed by atoms with Gasteiger partial charge in [0.25, 0.3) is 0 Å². The summed E-state index contributed by atoms with van der Waals surface area (Å²) in [6, 6.07) is 9.72. The molecule has 2 aromatic rings.